The molecule has 1 atom stereocenters. The standard InChI is InChI=1S/C21H27N5/c1-16-19(13-22-2)21-23-11-10-20(26(21)24-16)18-9-6-12-25(15-18)14-17-7-4-3-5-8-17/h3-5,7-8,10-11,18,22H,6,9,12-15H2,1-2H3. The third kappa shape index (κ3) is 3.37. The maximum absolute atomic E-state index is 4.81. The fraction of sp³-hybridized carbons (Fsp3) is 0.429. The lowest BCUT2D eigenvalue weighted by Gasteiger charge is -2.33. The van der Waals surface area contributed by atoms with Crippen molar-refractivity contribution in [2.75, 3.05) is 20.1 Å². The van der Waals surface area contributed by atoms with Crippen LogP contribution in [0.15, 0.2) is 42.6 Å². The number of rotatable bonds is 5. The molecule has 4 rings (SSSR count). The van der Waals surface area contributed by atoms with Gasteiger partial charge in [-0.3, -0.25) is 4.90 Å². The molecule has 1 fully saturated rings. The number of nitrogens with one attached hydrogen (secondary N) is 1. The number of piperidine rings is 1. The number of fused-ring (bicyclic) bond motifs is 1. The van der Waals surface area contributed by atoms with Crippen molar-refractivity contribution in [2.24, 2.45) is 0 Å². The van der Waals surface area contributed by atoms with Gasteiger partial charge in [-0.15, -0.1) is 0 Å². The normalized spacial score (nSPS) is 18.5. The number of likely N-dealkylation sites (tertiary alicyclic amines) is 1. The van der Waals surface area contributed by atoms with Gasteiger partial charge in [0.25, 0.3) is 0 Å². The molecule has 1 aliphatic rings. The van der Waals surface area contributed by atoms with Gasteiger partial charge in [0.1, 0.15) is 0 Å². The molecule has 0 bridgehead atoms. The van der Waals surface area contributed by atoms with Crippen LogP contribution < -0.4 is 5.32 Å². The number of aromatic nitrogens is 3. The summed E-state index contributed by atoms with van der Waals surface area (Å²) in [5, 5.41) is 8.05. The van der Waals surface area contributed by atoms with Crippen LogP contribution in [-0.4, -0.2) is 39.6 Å². The van der Waals surface area contributed by atoms with Gasteiger partial charge in [-0.05, 0) is 45.0 Å². The highest BCUT2D eigenvalue weighted by molar-refractivity contribution is 5.50. The quantitative estimate of drug-likeness (QED) is 0.769. The van der Waals surface area contributed by atoms with E-state index < -0.39 is 0 Å². The summed E-state index contributed by atoms with van der Waals surface area (Å²) in [7, 11) is 1.97. The number of benzene rings is 1. The van der Waals surface area contributed by atoms with Crippen LogP contribution in [-0.2, 0) is 13.1 Å². The van der Waals surface area contributed by atoms with Crippen LogP contribution in [0.5, 0.6) is 0 Å². The molecule has 26 heavy (non-hydrogen) atoms. The first-order valence-corrected chi connectivity index (χ1v) is 9.50. The Morgan fingerprint density at radius 2 is 2.04 bits per heavy atom. The van der Waals surface area contributed by atoms with E-state index in [1.54, 1.807) is 0 Å². The molecular weight excluding hydrogens is 322 g/mol. The van der Waals surface area contributed by atoms with E-state index in [2.05, 4.69) is 63.0 Å². The molecule has 1 unspecified atom stereocenters. The minimum absolute atomic E-state index is 0.500. The third-order valence-corrected chi connectivity index (χ3v) is 5.37. The highest BCUT2D eigenvalue weighted by atomic mass is 15.3. The zero-order valence-corrected chi connectivity index (χ0v) is 15.7. The summed E-state index contributed by atoms with van der Waals surface area (Å²) < 4.78 is 2.08. The zero-order valence-electron chi connectivity index (χ0n) is 15.7. The maximum atomic E-state index is 4.81. The lowest BCUT2D eigenvalue weighted by molar-refractivity contribution is 0.197. The lowest BCUT2D eigenvalue weighted by Crippen LogP contribution is -2.34. The van der Waals surface area contributed by atoms with Gasteiger partial charge < -0.3 is 5.32 Å². The van der Waals surface area contributed by atoms with E-state index in [1.165, 1.54) is 36.2 Å². The summed E-state index contributed by atoms with van der Waals surface area (Å²) in [5.41, 5.74) is 5.94. The third-order valence-electron chi connectivity index (χ3n) is 5.37. The fourth-order valence-electron chi connectivity index (χ4n) is 4.09. The summed E-state index contributed by atoms with van der Waals surface area (Å²) in [5.74, 6) is 0.500. The van der Waals surface area contributed by atoms with Crippen LogP contribution in [0.3, 0.4) is 0 Å². The van der Waals surface area contributed by atoms with Gasteiger partial charge >= 0.3 is 0 Å². The van der Waals surface area contributed by atoms with Crippen molar-refractivity contribution in [1.29, 1.82) is 0 Å². The van der Waals surface area contributed by atoms with Gasteiger partial charge in [-0.25, -0.2) is 9.50 Å². The highest BCUT2D eigenvalue weighted by Crippen LogP contribution is 2.28. The van der Waals surface area contributed by atoms with Gasteiger partial charge in [0.15, 0.2) is 5.65 Å². The van der Waals surface area contributed by atoms with Crippen molar-refractivity contribution in [1.82, 2.24) is 24.8 Å². The molecule has 0 saturated carbocycles. The van der Waals surface area contributed by atoms with Gasteiger partial charge in [0.2, 0.25) is 0 Å². The van der Waals surface area contributed by atoms with Crippen LogP contribution in [0.25, 0.3) is 5.65 Å². The topological polar surface area (TPSA) is 45.5 Å². The van der Waals surface area contributed by atoms with Crippen LogP contribution in [0.2, 0.25) is 0 Å². The van der Waals surface area contributed by atoms with Crippen LogP contribution in [0, 0.1) is 6.92 Å². The average molecular weight is 349 g/mol. The Morgan fingerprint density at radius 3 is 2.85 bits per heavy atom. The van der Waals surface area contributed by atoms with Gasteiger partial charge in [0.05, 0.1) is 11.4 Å². The molecule has 1 aliphatic heterocycles. The number of aryl methyl sites for hydroxylation is 1. The highest BCUT2D eigenvalue weighted by Gasteiger charge is 2.24. The van der Waals surface area contributed by atoms with Crippen molar-refractivity contribution in [2.45, 2.75) is 38.8 Å². The van der Waals surface area contributed by atoms with Crippen LogP contribution in [0.4, 0.5) is 0 Å². The predicted molar refractivity (Wildman–Crippen MR) is 104 cm³/mol. The van der Waals surface area contributed by atoms with Crippen LogP contribution >= 0.6 is 0 Å². The minimum Gasteiger partial charge on any atom is -0.315 e. The first-order chi connectivity index (χ1) is 12.8. The van der Waals surface area contributed by atoms with Crippen molar-refractivity contribution in [3.05, 3.63) is 65.1 Å². The first-order valence-electron chi connectivity index (χ1n) is 9.50. The molecule has 0 aliphatic carbocycles. The van der Waals surface area contributed by atoms with E-state index in [1.807, 2.05) is 13.2 Å². The van der Waals surface area contributed by atoms with E-state index in [4.69, 9.17) is 5.10 Å². The van der Waals surface area contributed by atoms with E-state index in [9.17, 15) is 0 Å². The summed E-state index contributed by atoms with van der Waals surface area (Å²) >= 11 is 0. The summed E-state index contributed by atoms with van der Waals surface area (Å²) in [4.78, 5) is 7.18. The smallest absolute Gasteiger partial charge is 0.159 e. The second-order valence-electron chi connectivity index (χ2n) is 7.26. The SMILES string of the molecule is CNCc1c(C)nn2c(C3CCCN(Cc4ccccc4)C3)ccnc12. The second kappa shape index (κ2) is 7.56. The molecule has 5 heteroatoms. The Hall–Kier alpha value is -2.24. The molecule has 5 nitrogen and oxygen atoms in total. The molecule has 0 spiro atoms. The molecule has 3 aromatic rings. The molecular formula is C21H27N5. The molecule has 2 aromatic heterocycles. The summed E-state index contributed by atoms with van der Waals surface area (Å²) in [6.45, 7) is 6.15. The largest absolute Gasteiger partial charge is 0.315 e. The lowest BCUT2D eigenvalue weighted by atomic mass is 9.94. The molecule has 3 heterocycles. The van der Waals surface area contributed by atoms with E-state index in [0.29, 0.717) is 5.92 Å². The monoisotopic (exact) mass is 349 g/mol. The second-order valence-corrected chi connectivity index (χ2v) is 7.26. The fourth-order valence-corrected chi connectivity index (χ4v) is 4.09. The summed E-state index contributed by atoms with van der Waals surface area (Å²) in [6.07, 6.45) is 4.39. The predicted octanol–water partition coefficient (Wildman–Crippen LogP) is 3.14. The Labute approximate surface area is 155 Å². The molecule has 1 saturated heterocycles. The van der Waals surface area contributed by atoms with E-state index in [-0.39, 0.29) is 0 Å². The minimum atomic E-state index is 0.500. The Kier molecular flexibility index (Phi) is 5.00. The van der Waals surface area contributed by atoms with E-state index in [0.717, 1.165) is 31.0 Å². The number of nitrogens with zero attached hydrogens (tertiary/aromatic N) is 4. The Bertz CT molecular complexity index is 871. The number of hydrogen-bond donors (Lipinski definition) is 1. The molecule has 0 amide bonds. The number of hydrogen-bond acceptors (Lipinski definition) is 4. The first kappa shape index (κ1) is 17.2. The maximum Gasteiger partial charge on any atom is 0.159 e. The Morgan fingerprint density at radius 1 is 1.19 bits per heavy atom. The Balaban J connectivity index is 1.59. The van der Waals surface area contributed by atoms with Crippen molar-refractivity contribution in [3.8, 4) is 0 Å². The average Bonchev–Trinajstić information content (AvgIpc) is 2.99. The van der Waals surface area contributed by atoms with Crippen molar-refractivity contribution < 1.29 is 0 Å². The van der Waals surface area contributed by atoms with Crippen molar-refractivity contribution >= 4 is 5.65 Å². The molecule has 1 N–H and O–H groups in total. The van der Waals surface area contributed by atoms with Gasteiger partial charge in [0, 0.05) is 37.3 Å². The van der Waals surface area contributed by atoms with Gasteiger partial charge in [-0.2, -0.15) is 5.10 Å². The van der Waals surface area contributed by atoms with Crippen molar-refractivity contribution in [3.63, 3.8) is 0 Å². The molecule has 1 aromatic carbocycles. The molecule has 0 radical (unpaired) electrons. The molecule has 136 valence electrons. The summed E-state index contributed by atoms with van der Waals surface area (Å²) in [6, 6.07) is 12.9. The van der Waals surface area contributed by atoms with Crippen LogP contribution in [0.1, 0.15) is 41.3 Å². The van der Waals surface area contributed by atoms with E-state index >= 15 is 0 Å². The van der Waals surface area contributed by atoms with Gasteiger partial charge in [-0.1, -0.05) is 30.3 Å². The zero-order chi connectivity index (χ0) is 17.9.